The zero-order chi connectivity index (χ0) is 11.9. The number of hydrogen-bond acceptors (Lipinski definition) is 2. The standard InChI is InChI=1S/C14H20N2O.ClH/c17-14(13-9-5-10-15-13)16-11-4-8-12-6-2-1-3-7-12;/h1-3,6-7,13,15H,4-5,8-11H2,(H,16,17);1H/t13-;/m0./s1. The maximum atomic E-state index is 11.7. The number of hydrogen-bond donors (Lipinski definition) is 2. The van der Waals surface area contributed by atoms with Crippen molar-refractivity contribution < 1.29 is 4.79 Å². The lowest BCUT2D eigenvalue weighted by Gasteiger charge is -2.10. The van der Waals surface area contributed by atoms with Crippen molar-refractivity contribution in [2.75, 3.05) is 13.1 Å². The molecule has 0 unspecified atom stereocenters. The molecule has 1 saturated heterocycles. The molecule has 3 nitrogen and oxygen atoms in total. The molecule has 1 atom stereocenters. The molecule has 0 aromatic heterocycles. The lowest BCUT2D eigenvalue weighted by atomic mass is 10.1. The molecular weight excluding hydrogens is 248 g/mol. The van der Waals surface area contributed by atoms with Crippen molar-refractivity contribution in [3.05, 3.63) is 35.9 Å². The number of amides is 1. The van der Waals surface area contributed by atoms with Gasteiger partial charge in [-0.2, -0.15) is 0 Å². The van der Waals surface area contributed by atoms with Crippen LogP contribution in [0.4, 0.5) is 0 Å². The highest BCUT2D eigenvalue weighted by Gasteiger charge is 2.20. The average molecular weight is 269 g/mol. The number of carbonyl (C=O) groups is 1. The number of benzene rings is 1. The van der Waals surface area contributed by atoms with Crippen molar-refractivity contribution in [3.8, 4) is 0 Å². The summed E-state index contributed by atoms with van der Waals surface area (Å²) in [6, 6.07) is 10.4. The Morgan fingerprint density at radius 3 is 2.78 bits per heavy atom. The maximum absolute atomic E-state index is 11.7. The minimum atomic E-state index is 0. The molecule has 0 saturated carbocycles. The van der Waals surface area contributed by atoms with Gasteiger partial charge in [0.25, 0.3) is 0 Å². The molecule has 2 rings (SSSR count). The van der Waals surface area contributed by atoms with Gasteiger partial charge in [-0.1, -0.05) is 30.3 Å². The van der Waals surface area contributed by atoms with E-state index in [0.717, 1.165) is 38.8 Å². The third kappa shape index (κ3) is 4.67. The second-order valence-electron chi connectivity index (χ2n) is 4.53. The van der Waals surface area contributed by atoms with Gasteiger partial charge in [-0.3, -0.25) is 4.79 Å². The quantitative estimate of drug-likeness (QED) is 0.801. The van der Waals surface area contributed by atoms with Crippen LogP contribution >= 0.6 is 12.4 Å². The largest absolute Gasteiger partial charge is 0.355 e. The van der Waals surface area contributed by atoms with Crippen molar-refractivity contribution in [1.29, 1.82) is 0 Å². The fraction of sp³-hybridized carbons (Fsp3) is 0.500. The molecule has 18 heavy (non-hydrogen) atoms. The Labute approximate surface area is 115 Å². The third-order valence-electron chi connectivity index (χ3n) is 3.16. The molecule has 100 valence electrons. The summed E-state index contributed by atoms with van der Waals surface area (Å²) >= 11 is 0. The predicted octanol–water partition coefficient (Wildman–Crippen LogP) is 1.91. The zero-order valence-electron chi connectivity index (χ0n) is 10.5. The van der Waals surface area contributed by atoms with E-state index in [9.17, 15) is 4.79 Å². The monoisotopic (exact) mass is 268 g/mol. The average Bonchev–Trinajstić information content (AvgIpc) is 2.89. The highest BCUT2D eigenvalue weighted by atomic mass is 35.5. The first-order chi connectivity index (χ1) is 8.36. The normalized spacial score (nSPS) is 18.1. The van der Waals surface area contributed by atoms with Gasteiger partial charge < -0.3 is 10.6 Å². The highest BCUT2D eigenvalue weighted by molar-refractivity contribution is 5.85. The fourth-order valence-electron chi connectivity index (χ4n) is 2.18. The van der Waals surface area contributed by atoms with Gasteiger partial charge in [0.2, 0.25) is 5.91 Å². The molecule has 2 N–H and O–H groups in total. The summed E-state index contributed by atoms with van der Waals surface area (Å²) in [5.41, 5.74) is 1.33. The highest BCUT2D eigenvalue weighted by Crippen LogP contribution is 2.05. The number of halogens is 1. The summed E-state index contributed by atoms with van der Waals surface area (Å²) in [5.74, 6) is 0.163. The van der Waals surface area contributed by atoms with Crippen LogP contribution < -0.4 is 10.6 Å². The topological polar surface area (TPSA) is 41.1 Å². The van der Waals surface area contributed by atoms with Crippen LogP contribution in [0.25, 0.3) is 0 Å². The van der Waals surface area contributed by atoms with E-state index in [2.05, 4.69) is 34.9 Å². The summed E-state index contributed by atoms with van der Waals surface area (Å²) in [4.78, 5) is 11.7. The van der Waals surface area contributed by atoms with Crippen molar-refractivity contribution >= 4 is 18.3 Å². The first-order valence-electron chi connectivity index (χ1n) is 6.41. The number of rotatable bonds is 5. The lowest BCUT2D eigenvalue weighted by molar-refractivity contribution is -0.122. The Bertz CT molecular complexity index is 350. The summed E-state index contributed by atoms with van der Waals surface area (Å²) in [5, 5.41) is 6.20. The van der Waals surface area contributed by atoms with Crippen LogP contribution in [0.3, 0.4) is 0 Å². The fourth-order valence-corrected chi connectivity index (χ4v) is 2.18. The van der Waals surface area contributed by atoms with E-state index in [1.54, 1.807) is 0 Å². The Kier molecular flexibility index (Phi) is 6.76. The van der Waals surface area contributed by atoms with Gasteiger partial charge in [0, 0.05) is 6.54 Å². The van der Waals surface area contributed by atoms with Gasteiger partial charge in [-0.15, -0.1) is 12.4 Å². The Morgan fingerprint density at radius 2 is 2.11 bits per heavy atom. The second-order valence-corrected chi connectivity index (χ2v) is 4.53. The summed E-state index contributed by atoms with van der Waals surface area (Å²) < 4.78 is 0. The van der Waals surface area contributed by atoms with Gasteiger partial charge >= 0.3 is 0 Å². The van der Waals surface area contributed by atoms with Crippen LogP contribution in [-0.4, -0.2) is 25.0 Å². The second kappa shape index (κ2) is 8.11. The Morgan fingerprint density at radius 1 is 1.33 bits per heavy atom. The SMILES string of the molecule is Cl.O=C(NCCCc1ccccc1)[C@@H]1CCCN1. The van der Waals surface area contributed by atoms with Gasteiger partial charge in [0.15, 0.2) is 0 Å². The first-order valence-corrected chi connectivity index (χ1v) is 6.41. The molecule has 1 aromatic carbocycles. The van der Waals surface area contributed by atoms with Crippen molar-refractivity contribution in [2.24, 2.45) is 0 Å². The van der Waals surface area contributed by atoms with Crippen molar-refractivity contribution in [2.45, 2.75) is 31.7 Å². The molecule has 0 radical (unpaired) electrons. The van der Waals surface area contributed by atoms with E-state index in [1.165, 1.54) is 5.56 Å². The molecule has 1 fully saturated rings. The van der Waals surface area contributed by atoms with Crippen LogP contribution in [0.5, 0.6) is 0 Å². The van der Waals surface area contributed by atoms with Crippen LogP contribution in [0.2, 0.25) is 0 Å². The van der Waals surface area contributed by atoms with E-state index in [4.69, 9.17) is 0 Å². The first kappa shape index (κ1) is 15.0. The maximum Gasteiger partial charge on any atom is 0.237 e. The van der Waals surface area contributed by atoms with Crippen LogP contribution in [0.15, 0.2) is 30.3 Å². The van der Waals surface area contributed by atoms with Gasteiger partial charge in [0.1, 0.15) is 0 Å². The third-order valence-corrected chi connectivity index (χ3v) is 3.16. The molecule has 1 heterocycles. The molecular formula is C14H21ClN2O. The smallest absolute Gasteiger partial charge is 0.237 e. The number of nitrogens with one attached hydrogen (secondary N) is 2. The molecule has 1 aliphatic rings. The molecule has 1 amide bonds. The summed E-state index contributed by atoms with van der Waals surface area (Å²) in [6.07, 6.45) is 4.12. The summed E-state index contributed by atoms with van der Waals surface area (Å²) in [7, 11) is 0. The van der Waals surface area contributed by atoms with E-state index >= 15 is 0 Å². The van der Waals surface area contributed by atoms with E-state index in [-0.39, 0.29) is 24.4 Å². The Balaban J connectivity index is 0.00000162. The van der Waals surface area contributed by atoms with Crippen molar-refractivity contribution in [1.82, 2.24) is 10.6 Å². The van der Waals surface area contributed by atoms with Crippen molar-refractivity contribution in [3.63, 3.8) is 0 Å². The lowest BCUT2D eigenvalue weighted by Crippen LogP contribution is -2.40. The van der Waals surface area contributed by atoms with Crippen LogP contribution in [0, 0.1) is 0 Å². The minimum Gasteiger partial charge on any atom is -0.355 e. The molecule has 0 aliphatic carbocycles. The molecule has 0 bridgehead atoms. The van der Waals surface area contributed by atoms with E-state index < -0.39 is 0 Å². The van der Waals surface area contributed by atoms with Gasteiger partial charge in [-0.05, 0) is 37.8 Å². The predicted molar refractivity (Wildman–Crippen MR) is 76.0 cm³/mol. The zero-order valence-corrected chi connectivity index (χ0v) is 11.3. The molecule has 1 aliphatic heterocycles. The van der Waals surface area contributed by atoms with Crippen LogP contribution in [0.1, 0.15) is 24.8 Å². The van der Waals surface area contributed by atoms with E-state index in [0.29, 0.717) is 0 Å². The molecule has 0 spiro atoms. The molecule has 1 aromatic rings. The summed E-state index contributed by atoms with van der Waals surface area (Å²) in [6.45, 7) is 1.74. The Hall–Kier alpha value is -1.06. The minimum absolute atomic E-state index is 0. The van der Waals surface area contributed by atoms with Gasteiger partial charge in [-0.25, -0.2) is 0 Å². The van der Waals surface area contributed by atoms with Crippen LogP contribution in [-0.2, 0) is 11.2 Å². The number of aryl methyl sites for hydroxylation is 1. The molecule has 4 heteroatoms. The van der Waals surface area contributed by atoms with Gasteiger partial charge in [0.05, 0.1) is 6.04 Å². The number of carbonyl (C=O) groups excluding carboxylic acids is 1. The van der Waals surface area contributed by atoms with E-state index in [1.807, 2.05) is 6.07 Å².